The Labute approximate surface area is 100 Å². The Kier molecular flexibility index (Phi) is 4.04. The minimum absolute atomic E-state index is 0.725. The number of rotatable bonds is 2. The van der Waals surface area contributed by atoms with Gasteiger partial charge in [-0.05, 0) is 45.6 Å². The molecule has 1 N–H and O–H groups in total. The fourth-order valence-electron chi connectivity index (χ4n) is 3.02. The molecule has 1 fully saturated rings. The van der Waals surface area contributed by atoms with Crippen molar-refractivity contribution in [2.45, 2.75) is 57.7 Å². The Morgan fingerprint density at radius 3 is 2.75 bits per heavy atom. The molecule has 0 radical (unpaired) electrons. The zero-order valence-corrected chi connectivity index (χ0v) is 10.9. The highest BCUT2D eigenvalue weighted by atomic mass is 15.2. The lowest BCUT2D eigenvalue weighted by Gasteiger charge is -2.41. The molecule has 2 rings (SSSR count). The maximum atomic E-state index is 3.88. The van der Waals surface area contributed by atoms with E-state index < -0.39 is 0 Å². The van der Waals surface area contributed by atoms with E-state index >= 15 is 0 Å². The van der Waals surface area contributed by atoms with Gasteiger partial charge in [0.05, 0.1) is 0 Å². The first-order valence-corrected chi connectivity index (χ1v) is 6.78. The zero-order chi connectivity index (χ0) is 11.5. The highest BCUT2D eigenvalue weighted by molar-refractivity contribution is 4.96. The lowest BCUT2D eigenvalue weighted by Crippen LogP contribution is -2.53. The van der Waals surface area contributed by atoms with Gasteiger partial charge in [0.1, 0.15) is 0 Å². The van der Waals surface area contributed by atoms with Crippen LogP contribution in [0.4, 0.5) is 0 Å². The molecule has 2 aliphatic rings. The Balaban J connectivity index is 1.86. The van der Waals surface area contributed by atoms with Crippen LogP contribution in [0.5, 0.6) is 0 Å². The van der Waals surface area contributed by atoms with Crippen LogP contribution in [0.1, 0.15) is 39.5 Å². The highest BCUT2D eigenvalue weighted by Gasteiger charge is 2.29. The van der Waals surface area contributed by atoms with Gasteiger partial charge in [-0.1, -0.05) is 19.1 Å². The second-order valence-electron chi connectivity index (χ2n) is 5.76. The number of nitrogens with one attached hydrogen (secondary N) is 1. The van der Waals surface area contributed by atoms with Gasteiger partial charge in [-0.25, -0.2) is 0 Å². The predicted octanol–water partition coefficient (Wildman–Crippen LogP) is 2.41. The molecule has 2 nitrogen and oxygen atoms in total. The van der Waals surface area contributed by atoms with Gasteiger partial charge in [0.25, 0.3) is 0 Å². The van der Waals surface area contributed by atoms with Crippen molar-refractivity contribution in [1.29, 1.82) is 0 Å². The molecule has 92 valence electrons. The van der Waals surface area contributed by atoms with E-state index in [0.717, 1.165) is 24.0 Å². The molecule has 16 heavy (non-hydrogen) atoms. The molecule has 4 unspecified atom stereocenters. The van der Waals surface area contributed by atoms with Crippen LogP contribution in [0.25, 0.3) is 0 Å². The lowest BCUT2D eigenvalue weighted by atomic mass is 9.88. The predicted molar refractivity (Wildman–Crippen MR) is 69.6 cm³/mol. The summed E-state index contributed by atoms with van der Waals surface area (Å²) in [5, 5.41) is 3.88. The van der Waals surface area contributed by atoms with Gasteiger partial charge >= 0.3 is 0 Å². The van der Waals surface area contributed by atoms with Crippen molar-refractivity contribution >= 4 is 0 Å². The topological polar surface area (TPSA) is 15.3 Å². The average molecular weight is 222 g/mol. The van der Waals surface area contributed by atoms with Crippen LogP contribution in [0.15, 0.2) is 12.2 Å². The molecular formula is C14H26N2. The molecule has 1 heterocycles. The Morgan fingerprint density at radius 2 is 2.06 bits per heavy atom. The van der Waals surface area contributed by atoms with Gasteiger partial charge in [0.2, 0.25) is 0 Å². The molecule has 1 aliphatic heterocycles. The zero-order valence-electron chi connectivity index (χ0n) is 10.9. The summed E-state index contributed by atoms with van der Waals surface area (Å²) in [7, 11) is 2.25. The van der Waals surface area contributed by atoms with Crippen LogP contribution in [0.3, 0.4) is 0 Å². The first-order valence-electron chi connectivity index (χ1n) is 6.78. The molecule has 2 heteroatoms. The second-order valence-corrected chi connectivity index (χ2v) is 5.76. The molecule has 0 amide bonds. The van der Waals surface area contributed by atoms with Crippen molar-refractivity contribution in [1.82, 2.24) is 10.2 Å². The Morgan fingerprint density at radius 1 is 1.25 bits per heavy atom. The van der Waals surface area contributed by atoms with Crippen molar-refractivity contribution in [3.63, 3.8) is 0 Å². The van der Waals surface area contributed by atoms with E-state index in [1.54, 1.807) is 0 Å². The van der Waals surface area contributed by atoms with Crippen molar-refractivity contribution in [2.24, 2.45) is 5.92 Å². The van der Waals surface area contributed by atoms with E-state index in [9.17, 15) is 0 Å². The smallest absolute Gasteiger partial charge is 0.0122 e. The minimum atomic E-state index is 0.725. The van der Waals surface area contributed by atoms with Crippen LogP contribution in [0, 0.1) is 5.92 Å². The van der Waals surface area contributed by atoms with E-state index in [1.165, 1.54) is 32.2 Å². The van der Waals surface area contributed by atoms with E-state index in [4.69, 9.17) is 0 Å². The summed E-state index contributed by atoms with van der Waals surface area (Å²) in [6.45, 7) is 5.97. The van der Waals surface area contributed by atoms with Crippen LogP contribution in [0.2, 0.25) is 0 Å². The number of hydrogen-bond donors (Lipinski definition) is 1. The monoisotopic (exact) mass is 222 g/mol. The molecule has 0 aromatic rings. The van der Waals surface area contributed by atoms with E-state index in [0.29, 0.717) is 0 Å². The molecule has 4 atom stereocenters. The molecule has 0 aromatic carbocycles. The summed E-state index contributed by atoms with van der Waals surface area (Å²) < 4.78 is 0. The molecule has 0 aromatic heterocycles. The first kappa shape index (κ1) is 12.1. The van der Waals surface area contributed by atoms with Crippen LogP contribution in [-0.4, -0.2) is 36.6 Å². The van der Waals surface area contributed by atoms with E-state index in [-0.39, 0.29) is 0 Å². The van der Waals surface area contributed by atoms with Gasteiger partial charge < -0.3 is 10.2 Å². The molecule has 0 saturated carbocycles. The van der Waals surface area contributed by atoms with E-state index in [1.807, 2.05) is 0 Å². The van der Waals surface area contributed by atoms with E-state index in [2.05, 4.69) is 43.3 Å². The van der Waals surface area contributed by atoms with Crippen molar-refractivity contribution in [2.75, 3.05) is 13.6 Å². The third-order valence-corrected chi connectivity index (χ3v) is 4.33. The standard InChI is InChI=1S/C14H26N2/c1-11-10-16(3)12(2)9-14(11)15-13-7-5-4-6-8-13/h4-5,11-15H,6-10H2,1-3H3. The number of nitrogens with zero attached hydrogens (tertiary/aromatic N) is 1. The Hall–Kier alpha value is -0.340. The highest BCUT2D eigenvalue weighted by Crippen LogP contribution is 2.22. The maximum absolute atomic E-state index is 3.88. The molecule has 1 aliphatic carbocycles. The summed E-state index contributed by atoms with van der Waals surface area (Å²) >= 11 is 0. The van der Waals surface area contributed by atoms with Crippen LogP contribution in [-0.2, 0) is 0 Å². The van der Waals surface area contributed by atoms with Crippen LogP contribution >= 0.6 is 0 Å². The SMILES string of the molecule is CC1CN(C)C(C)CC1NC1CC=CCC1. The summed E-state index contributed by atoms with van der Waals surface area (Å²) in [6, 6.07) is 2.18. The fourth-order valence-corrected chi connectivity index (χ4v) is 3.02. The largest absolute Gasteiger partial charge is 0.311 e. The minimum Gasteiger partial charge on any atom is -0.311 e. The maximum Gasteiger partial charge on any atom is 0.0122 e. The lowest BCUT2D eigenvalue weighted by molar-refractivity contribution is 0.114. The number of likely N-dealkylation sites (tertiary alicyclic amines) is 1. The summed E-state index contributed by atoms with van der Waals surface area (Å²) in [5.74, 6) is 0.784. The Bertz CT molecular complexity index is 249. The average Bonchev–Trinajstić information content (AvgIpc) is 2.27. The molecule has 0 bridgehead atoms. The summed E-state index contributed by atoms with van der Waals surface area (Å²) in [6.07, 6.45) is 9.77. The number of allylic oxidation sites excluding steroid dienone is 1. The van der Waals surface area contributed by atoms with Gasteiger partial charge in [-0.2, -0.15) is 0 Å². The third kappa shape index (κ3) is 2.86. The summed E-state index contributed by atoms with van der Waals surface area (Å²) in [4.78, 5) is 2.49. The fraction of sp³-hybridized carbons (Fsp3) is 0.857. The molecule has 0 spiro atoms. The quantitative estimate of drug-likeness (QED) is 0.722. The van der Waals surface area contributed by atoms with Gasteiger partial charge in [0.15, 0.2) is 0 Å². The normalized spacial score (nSPS) is 41.2. The number of piperidine rings is 1. The number of hydrogen-bond acceptors (Lipinski definition) is 2. The summed E-state index contributed by atoms with van der Waals surface area (Å²) in [5.41, 5.74) is 0. The van der Waals surface area contributed by atoms with Gasteiger partial charge in [0, 0.05) is 24.7 Å². The van der Waals surface area contributed by atoms with Crippen molar-refractivity contribution in [3.05, 3.63) is 12.2 Å². The van der Waals surface area contributed by atoms with Crippen molar-refractivity contribution in [3.8, 4) is 0 Å². The third-order valence-electron chi connectivity index (χ3n) is 4.33. The second kappa shape index (κ2) is 5.33. The van der Waals surface area contributed by atoms with Gasteiger partial charge in [-0.3, -0.25) is 0 Å². The molecule has 1 saturated heterocycles. The van der Waals surface area contributed by atoms with Gasteiger partial charge in [-0.15, -0.1) is 0 Å². The first-order chi connectivity index (χ1) is 7.66. The van der Waals surface area contributed by atoms with Crippen molar-refractivity contribution < 1.29 is 0 Å². The molecular weight excluding hydrogens is 196 g/mol. The van der Waals surface area contributed by atoms with Crippen LogP contribution < -0.4 is 5.32 Å².